The SMILES string of the molecule is CCCCNCCOc1ccc(C)cc1Cl. The number of rotatable bonds is 7. The van der Waals surface area contributed by atoms with Gasteiger partial charge in [-0.1, -0.05) is 31.0 Å². The fraction of sp³-hybridized carbons (Fsp3) is 0.538. The van der Waals surface area contributed by atoms with Crippen molar-refractivity contribution in [2.45, 2.75) is 26.7 Å². The van der Waals surface area contributed by atoms with Crippen molar-refractivity contribution in [1.82, 2.24) is 5.32 Å². The molecule has 0 saturated heterocycles. The van der Waals surface area contributed by atoms with Crippen LogP contribution in [0.25, 0.3) is 0 Å². The van der Waals surface area contributed by atoms with Crippen molar-refractivity contribution in [3.63, 3.8) is 0 Å². The Hall–Kier alpha value is -0.730. The standard InChI is InChI=1S/C13H20ClNO/c1-3-4-7-15-8-9-16-13-6-5-11(2)10-12(13)14/h5-6,10,15H,3-4,7-9H2,1-2H3. The summed E-state index contributed by atoms with van der Waals surface area (Å²) in [6, 6.07) is 5.84. The maximum Gasteiger partial charge on any atom is 0.137 e. The molecular weight excluding hydrogens is 222 g/mol. The van der Waals surface area contributed by atoms with Gasteiger partial charge in [0.1, 0.15) is 12.4 Å². The van der Waals surface area contributed by atoms with Crippen molar-refractivity contribution in [2.75, 3.05) is 19.7 Å². The molecule has 0 fully saturated rings. The molecule has 2 nitrogen and oxygen atoms in total. The van der Waals surface area contributed by atoms with Crippen molar-refractivity contribution in [2.24, 2.45) is 0 Å². The minimum absolute atomic E-state index is 0.659. The Bertz CT molecular complexity index is 315. The molecule has 1 rings (SSSR count). The lowest BCUT2D eigenvalue weighted by molar-refractivity contribution is 0.314. The van der Waals surface area contributed by atoms with Crippen LogP contribution in [0.4, 0.5) is 0 Å². The molecule has 3 heteroatoms. The Labute approximate surface area is 103 Å². The van der Waals surface area contributed by atoms with Crippen LogP contribution in [-0.4, -0.2) is 19.7 Å². The van der Waals surface area contributed by atoms with Crippen LogP contribution in [0.1, 0.15) is 25.3 Å². The van der Waals surface area contributed by atoms with Crippen LogP contribution in [0.15, 0.2) is 18.2 Å². The number of aryl methyl sites for hydroxylation is 1. The lowest BCUT2D eigenvalue weighted by Gasteiger charge is -2.09. The summed E-state index contributed by atoms with van der Waals surface area (Å²) in [4.78, 5) is 0. The van der Waals surface area contributed by atoms with Crippen LogP contribution < -0.4 is 10.1 Å². The second kappa shape index (κ2) is 7.53. The predicted molar refractivity (Wildman–Crippen MR) is 69.5 cm³/mol. The van der Waals surface area contributed by atoms with Gasteiger partial charge >= 0.3 is 0 Å². The highest BCUT2D eigenvalue weighted by molar-refractivity contribution is 6.32. The number of hydrogen-bond acceptors (Lipinski definition) is 2. The average molecular weight is 242 g/mol. The van der Waals surface area contributed by atoms with Gasteiger partial charge in [0, 0.05) is 6.54 Å². The lowest BCUT2D eigenvalue weighted by atomic mass is 10.2. The van der Waals surface area contributed by atoms with Gasteiger partial charge in [-0.2, -0.15) is 0 Å². The molecule has 0 amide bonds. The monoisotopic (exact) mass is 241 g/mol. The molecule has 1 aromatic rings. The summed E-state index contributed by atoms with van der Waals surface area (Å²) in [6.07, 6.45) is 2.43. The third-order valence-corrected chi connectivity index (χ3v) is 2.63. The maximum atomic E-state index is 6.05. The van der Waals surface area contributed by atoms with Gasteiger partial charge in [0.15, 0.2) is 0 Å². The van der Waals surface area contributed by atoms with E-state index in [1.165, 1.54) is 12.8 Å². The Morgan fingerprint density at radius 2 is 2.12 bits per heavy atom. The number of benzene rings is 1. The van der Waals surface area contributed by atoms with Gasteiger partial charge in [0.2, 0.25) is 0 Å². The zero-order chi connectivity index (χ0) is 11.8. The minimum atomic E-state index is 0.659. The molecule has 0 radical (unpaired) electrons. The minimum Gasteiger partial charge on any atom is -0.491 e. The number of halogens is 1. The highest BCUT2D eigenvalue weighted by atomic mass is 35.5. The predicted octanol–water partition coefficient (Wildman–Crippen LogP) is 3.42. The summed E-state index contributed by atoms with van der Waals surface area (Å²) in [5.74, 6) is 0.768. The van der Waals surface area contributed by atoms with E-state index in [9.17, 15) is 0 Å². The van der Waals surface area contributed by atoms with Crippen molar-refractivity contribution in [1.29, 1.82) is 0 Å². The molecule has 1 N–H and O–H groups in total. The van der Waals surface area contributed by atoms with E-state index in [0.29, 0.717) is 11.6 Å². The van der Waals surface area contributed by atoms with Gasteiger partial charge < -0.3 is 10.1 Å². The first kappa shape index (κ1) is 13.3. The second-order valence-corrected chi connectivity index (χ2v) is 4.29. The molecule has 0 spiro atoms. The molecule has 0 atom stereocenters. The smallest absolute Gasteiger partial charge is 0.137 e. The van der Waals surface area contributed by atoms with Gasteiger partial charge in [-0.3, -0.25) is 0 Å². The molecule has 16 heavy (non-hydrogen) atoms. The van der Waals surface area contributed by atoms with Crippen molar-refractivity contribution >= 4 is 11.6 Å². The number of nitrogens with one attached hydrogen (secondary N) is 1. The fourth-order valence-corrected chi connectivity index (χ4v) is 1.67. The molecule has 90 valence electrons. The van der Waals surface area contributed by atoms with Crippen LogP contribution in [-0.2, 0) is 0 Å². The van der Waals surface area contributed by atoms with E-state index in [2.05, 4.69) is 12.2 Å². The highest BCUT2D eigenvalue weighted by Crippen LogP contribution is 2.24. The van der Waals surface area contributed by atoms with E-state index in [-0.39, 0.29) is 0 Å². The molecule has 0 unspecified atom stereocenters. The Morgan fingerprint density at radius 3 is 2.81 bits per heavy atom. The molecule has 0 aliphatic carbocycles. The topological polar surface area (TPSA) is 21.3 Å². The van der Waals surface area contributed by atoms with Gasteiger partial charge in [-0.15, -0.1) is 0 Å². The van der Waals surface area contributed by atoms with E-state index in [4.69, 9.17) is 16.3 Å². The van der Waals surface area contributed by atoms with Crippen molar-refractivity contribution in [3.05, 3.63) is 28.8 Å². The van der Waals surface area contributed by atoms with Gasteiger partial charge in [0.05, 0.1) is 5.02 Å². The summed E-state index contributed by atoms with van der Waals surface area (Å²) in [5.41, 5.74) is 1.15. The average Bonchev–Trinajstić information content (AvgIpc) is 2.26. The summed E-state index contributed by atoms with van der Waals surface area (Å²) in [5, 5.41) is 4.01. The van der Waals surface area contributed by atoms with Crippen LogP contribution in [0.5, 0.6) is 5.75 Å². The summed E-state index contributed by atoms with van der Waals surface area (Å²) < 4.78 is 5.58. The molecule has 0 saturated carbocycles. The maximum absolute atomic E-state index is 6.05. The largest absolute Gasteiger partial charge is 0.491 e. The lowest BCUT2D eigenvalue weighted by Crippen LogP contribution is -2.22. The van der Waals surface area contributed by atoms with Crippen molar-refractivity contribution in [3.8, 4) is 5.75 Å². The van der Waals surface area contributed by atoms with E-state index in [1.54, 1.807) is 0 Å². The van der Waals surface area contributed by atoms with E-state index < -0.39 is 0 Å². The molecule has 0 bridgehead atoms. The second-order valence-electron chi connectivity index (χ2n) is 3.89. The zero-order valence-electron chi connectivity index (χ0n) is 10.1. The number of ether oxygens (including phenoxy) is 1. The first-order valence-electron chi connectivity index (χ1n) is 5.83. The third kappa shape index (κ3) is 4.86. The first-order valence-corrected chi connectivity index (χ1v) is 6.21. The van der Waals surface area contributed by atoms with Crippen LogP contribution >= 0.6 is 11.6 Å². The van der Waals surface area contributed by atoms with Crippen molar-refractivity contribution < 1.29 is 4.74 Å². The normalized spacial score (nSPS) is 10.4. The van der Waals surface area contributed by atoms with Gasteiger partial charge in [-0.25, -0.2) is 0 Å². The third-order valence-electron chi connectivity index (χ3n) is 2.33. The number of hydrogen-bond donors (Lipinski definition) is 1. The van der Waals surface area contributed by atoms with E-state index in [1.807, 2.05) is 25.1 Å². The Morgan fingerprint density at radius 1 is 1.31 bits per heavy atom. The molecule has 0 aliphatic heterocycles. The molecule has 0 aromatic heterocycles. The quantitative estimate of drug-likeness (QED) is 0.739. The molecule has 1 aromatic carbocycles. The van der Waals surface area contributed by atoms with E-state index >= 15 is 0 Å². The van der Waals surface area contributed by atoms with Crippen LogP contribution in [0.2, 0.25) is 5.02 Å². The molecular formula is C13H20ClNO. The Balaban J connectivity index is 2.21. The Kier molecular flexibility index (Phi) is 6.27. The summed E-state index contributed by atoms with van der Waals surface area (Å²) in [7, 11) is 0. The summed E-state index contributed by atoms with van der Waals surface area (Å²) >= 11 is 6.05. The van der Waals surface area contributed by atoms with Crippen LogP contribution in [0, 0.1) is 6.92 Å². The zero-order valence-corrected chi connectivity index (χ0v) is 10.8. The van der Waals surface area contributed by atoms with Gasteiger partial charge in [-0.05, 0) is 37.6 Å². The molecule has 0 aliphatic rings. The summed E-state index contributed by atoms with van der Waals surface area (Å²) in [6.45, 7) is 6.78. The van der Waals surface area contributed by atoms with Crippen LogP contribution in [0.3, 0.4) is 0 Å². The molecule has 0 heterocycles. The fourth-order valence-electron chi connectivity index (χ4n) is 1.38. The highest BCUT2D eigenvalue weighted by Gasteiger charge is 2.00. The van der Waals surface area contributed by atoms with E-state index in [0.717, 1.165) is 24.4 Å². The number of unbranched alkanes of at least 4 members (excludes halogenated alkanes) is 1. The first-order chi connectivity index (χ1) is 7.74. The van der Waals surface area contributed by atoms with Gasteiger partial charge in [0.25, 0.3) is 0 Å².